The molecule has 0 aliphatic rings. The zero-order valence-electron chi connectivity index (χ0n) is 10.7. The number of halogens is 3. The Bertz CT molecular complexity index is 628. The molecule has 0 saturated heterocycles. The maximum atomic E-state index is 12.8. The van der Waals surface area contributed by atoms with Gasteiger partial charge in [-0.1, -0.05) is 17.3 Å². The number of alkyl halides is 3. The monoisotopic (exact) mass is 284 g/mol. The van der Waals surface area contributed by atoms with E-state index in [-0.39, 0.29) is 17.0 Å². The molecule has 0 unspecified atom stereocenters. The van der Waals surface area contributed by atoms with Crippen molar-refractivity contribution in [3.63, 3.8) is 0 Å². The van der Waals surface area contributed by atoms with Crippen molar-refractivity contribution in [2.75, 3.05) is 5.32 Å². The molecule has 106 valence electrons. The third kappa shape index (κ3) is 2.66. The standard InChI is InChI=1S/C13H11F3N2O2/c1-7-11(8(2)20-18-7)12(19)17-10-6-4-3-5-9(10)13(14,15)16/h3-6H,1-2H3,(H,17,19). The SMILES string of the molecule is Cc1noc(C)c1C(=O)Nc1ccccc1C(F)(F)F. The van der Waals surface area contributed by atoms with Crippen LogP contribution in [0, 0.1) is 13.8 Å². The van der Waals surface area contributed by atoms with Gasteiger partial charge in [-0.05, 0) is 26.0 Å². The molecule has 1 N–H and O–H groups in total. The van der Waals surface area contributed by atoms with E-state index in [4.69, 9.17) is 4.52 Å². The highest BCUT2D eigenvalue weighted by Crippen LogP contribution is 2.34. The van der Waals surface area contributed by atoms with Crippen LogP contribution in [0.5, 0.6) is 0 Å². The van der Waals surface area contributed by atoms with E-state index in [1.165, 1.54) is 25.1 Å². The molecule has 0 aliphatic carbocycles. The van der Waals surface area contributed by atoms with Gasteiger partial charge in [0.15, 0.2) is 0 Å². The van der Waals surface area contributed by atoms with Crippen LogP contribution in [0.25, 0.3) is 0 Å². The summed E-state index contributed by atoms with van der Waals surface area (Å²) in [6, 6.07) is 4.77. The molecular weight excluding hydrogens is 273 g/mol. The van der Waals surface area contributed by atoms with Gasteiger partial charge in [-0.3, -0.25) is 4.79 Å². The van der Waals surface area contributed by atoms with Crippen LogP contribution in [-0.2, 0) is 6.18 Å². The fourth-order valence-electron chi connectivity index (χ4n) is 1.83. The Morgan fingerprint density at radius 2 is 1.90 bits per heavy atom. The van der Waals surface area contributed by atoms with Crippen LogP contribution in [0.2, 0.25) is 0 Å². The average molecular weight is 284 g/mol. The number of carbonyl (C=O) groups excluding carboxylic acids is 1. The van der Waals surface area contributed by atoms with E-state index >= 15 is 0 Å². The molecule has 0 radical (unpaired) electrons. The van der Waals surface area contributed by atoms with Crippen molar-refractivity contribution in [1.29, 1.82) is 0 Å². The molecule has 0 spiro atoms. The summed E-state index contributed by atoms with van der Waals surface area (Å²) in [6.07, 6.45) is -4.54. The van der Waals surface area contributed by atoms with Gasteiger partial charge in [0.2, 0.25) is 0 Å². The third-order valence-corrected chi connectivity index (χ3v) is 2.74. The smallest absolute Gasteiger partial charge is 0.361 e. The van der Waals surface area contributed by atoms with Crippen LogP contribution in [0.3, 0.4) is 0 Å². The topological polar surface area (TPSA) is 55.1 Å². The molecule has 1 aromatic heterocycles. The van der Waals surface area contributed by atoms with Gasteiger partial charge in [0.05, 0.1) is 16.9 Å². The van der Waals surface area contributed by atoms with Crippen molar-refractivity contribution in [1.82, 2.24) is 5.16 Å². The number of aryl methyl sites for hydroxylation is 2. The van der Waals surface area contributed by atoms with Crippen LogP contribution >= 0.6 is 0 Å². The number of nitrogens with one attached hydrogen (secondary N) is 1. The fourth-order valence-corrected chi connectivity index (χ4v) is 1.83. The second-order valence-corrected chi connectivity index (χ2v) is 4.20. The van der Waals surface area contributed by atoms with Crippen molar-refractivity contribution >= 4 is 11.6 Å². The molecule has 4 nitrogen and oxygen atoms in total. The number of anilines is 1. The average Bonchev–Trinajstić information content (AvgIpc) is 2.68. The molecule has 0 saturated carbocycles. The van der Waals surface area contributed by atoms with Gasteiger partial charge < -0.3 is 9.84 Å². The number of para-hydroxylation sites is 1. The zero-order valence-corrected chi connectivity index (χ0v) is 10.7. The van der Waals surface area contributed by atoms with Crippen molar-refractivity contribution in [2.24, 2.45) is 0 Å². The maximum Gasteiger partial charge on any atom is 0.418 e. The summed E-state index contributed by atoms with van der Waals surface area (Å²) in [4.78, 5) is 12.0. The van der Waals surface area contributed by atoms with Gasteiger partial charge in [-0.25, -0.2) is 0 Å². The molecule has 0 atom stereocenters. The van der Waals surface area contributed by atoms with E-state index in [2.05, 4.69) is 10.5 Å². The molecule has 7 heteroatoms. The normalized spacial score (nSPS) is 11.4. The maximum absolute atomic E-state index is 12.8. The highest BCUT2D eigenvalue weighted by molar-refractivity contribution is 6.06. The first-order valence-corrected chi connectivity index (χ1v) is 5.71. The summed E-state index contributed by atoms with van der Waals surface area (Å²) >= 11 is 0. The summed E-state index contributed by atoms with van der Waals surface area (Å²) in [6.45, 7) is 3.06. The molecule has 1 amide bonds. The van der Waals surface area contributed by atoms with E-state index in [1.807, 2.05) is 0 Å². The van der Waals surface area contributed by atoms with Crippen LogP contribution in [0.1, 0.15) is 27.4 Å². The predicted octanol–water partition coefficient (Wildman–Crippen LogP) is 3.56. The summed E-state index contributed by atoms with van der Waals surface area (Å²) in [5, 5.41) is 5.83. The van der Waals surface area contributed by atoms with Crippen molar-refractivity contribution in [3.05, 3.63) is 46.8 Å². The van der Waals surface area contributed by atoms with E-state index in [0.29, 0.717) is 5.69 Å². The number of hydrogen-bond acceptors (Lipinski definition) is 3. The first-order chi connectivity index (χ1) is 9.30. The first-order valence-electron chi connectivity index (χ1n) is 5.71. The number of aromatic nitrogens is 1. The minimum Gasteiger partial charge on any atom is -0.361 e. The van der Waals surface area contributed by atoms with Gasteiger partial charge in [-0.2, -0.15) is 13.2 Å². The molecule has 0 aliphatic heterocycles. The van der Waals surface area contributed by atoms with Crippen LogP contribution < -0.4 is 5.32 Å². The van der Waals surface area contributed by atoms with Gasteiger partial charge in [0.1, 0.15) is 11.3 Å². The molecule has 2 rings (SSSR count). The lowest BCUT2D eigenvalue weighted by molar-refractivity contribution is -0.136. The number of nitrogens with zero attached hydrogens (tertiary/aromatic N) is 1. The van der Waals surface area contributed by atoms with E-state index < -0.39 is 17.6 Å². The Labute approximate surface area is 112 Å². The minimum absolute atomic E-state index is 0.141. The number of rotatable bonds is 2. The molecule has 0 bridgehead atoms. The molecule has 20 heavy (non-hydrogen) atoms. The van der Waals surface area contributed by atoms with Gasteiger partial charge in [0.25, 0.3) is 5.91 Å². The van der Waals surface area contributed by atoms with Crippen molar-refractivity contribution in [3.8, 4) is 0 Å². The molecule has 0 fully saturated rings. The molecular formula is C13H11F3N2O2. The first kappa shape index (κ1) is 14.1. The summed E-state index contributed by atoms with van der Waals surface area (Å²) < 4.78 is 43.3. The minimum atomic E-state index is -4.54. The van der Waals surface area contributed by atoms with Crippen molar-refractivity contribution in [2.45, 2.75) is 20.0 Å². The second-order valence-electron chi connectivity index (χ2n) is 4.20. The van der Waals surface area contributed by atoms with Gasteiger partial charge in [-0.15, -0.1) is 0 Å². The number of benzene rings is 1. The number of amides is 1. The quantitative estimate of drug-likeness (QED) is 0.917. The second kappa shape index (κ2) is 4.99. The number of hydrogen-bond donors (Lipinski definition) is 1. The Hall–Kier alpha value is -2.31. The van der Waals surface area contributed by atoms with E-state index in [0.717, 1.165) is 6.07 Å². The number of carbonyl (C=O) groups is 1. The predicted molar refractivity (Wildman–Crippen MR) is 65.4 cm³/mol. The van der Waals surface area contributed by atoms with Crippen LogP contribution in [0.4, 0.5) is 18.9 Å². The molecule has 1 aromatic carbocycles. The lowest BCUT2D eigenvalue weighted by atomic mass is 10.1. The van der Waals surface area contributed by atoms with E-state index in [1.54, 1.807) is 6.92 Å². The molecule has 1 heterocycles. The Kier molecular flexibility index (Phi) is 3.52. The summed E-state index contributed by atoms with van der Waals surface area (Å²) in [5.74, 6) is -0.428. The van der Waals surface area contributed by atoms with Gasteiger partial charge in [0, 0.05) is 0 Å². The Balaban J connectivity index is 2.34. The van der Waals surface area contributed by atoms with Gasteiger partial charge >= 0.3 is 6.18 Å². The highest BCUT2D eigenvalue weighted by atomic mass is 19.4. The molecule has 2 aromatic rings. The van der Waals surface area contributed by atoms with Crippen molar-refractivity contribution < 1.29 is 22.5 Å². The lowest BCUT2D eigenvalue weighted by Crippen LogP contribution is -2.17. The fraction of sp³-hybridized carbons (Fsp3) is 0.231. The van der Waals surface area contributed by atoms with E-state index in [9.17, 15) is 18.0 Å². The summed E-state index contributed by atoms with van der Waals surface area (Å²) in [7, 11) is 0. The summed E-state index contributed by atoms with van der Waals surface area (Å²) in [5.41, 5.74) is -0.739. The van der Waals surface area contributed by atoms with Crippen LogP contribution in [0.15, 0.2) is 28.8 Å². The zero-order chi connectivity index (χ0) is 14.9. The van der Waals surface area contributed by atoms with Crippen LogP contribution in [-0.4, -0.2) is 11.1 Å². The Morgan fingerprint density at radius 3 is 2.45 bits per heavy atom. The highest BCUT2D eigenvalue weighted by Gasteiger charge is 2.34. The largest absolute Gasteiger partial charge is 0.418 e. The lowest BCUT2D eigenvalue weighted by Gasteiger charge is -2.13. The Morgan fingerprint density at radius 1 is 1.25 bits per heavy atom. The third-order valence-electron chi connectivity index (χ3n) is 2.74.